The summed E-state index contributed by atoms with van der Waals surface area (Å²) < 4.78 is 0. The number of aromatic carboxylic acids is 1. The molecule has 0 radical (unpaired) electrons. The zero-order valence-electron chi connectivity index (χ0n) is 10.1. The molecule has 0 atom stereocenters. The summed E-state index contributed by atoms with van der Waals surface area (Å²) in [5.41, 5.74) is 1.51. The lowest BCUT2D eigenvalue weighted by molar-refractivity contribution is -0.120. The number of H-pyrrole nitrogens is 1. The number of carbonyl (C=O) groups is 2. The second-order valence-electron chi connectivity index (χ2n) is 4.02. The van der Waals surface area contributed by atoms with Crippen LogP contribution in [0.1, 0.15) is 21.5 Å². The lowest BCUT2D eigenvalue weighted by Gasteiger charge is -2.06. The normalized spacial score (nSPS) is 10.1. The second kappa shape index (κ2) is 5.81. The molecule has 2 rings (SSSR count). The Morgan fingerprint density at radius 3 is 2.79 bits per heavy atom. The Kier molecular flexibility index (Phi) is 3.92. The van der Waals surface area contributed by atoms with Crippen molar-refractivity contribution in [3.8, 4) is 0 Å². The van der Waals surface area contributed by atoms with E-state index in [9.17, 15) is 9.59 Å². The molecule has 6 heteroatoms. The van der Waals surface area contributed by atoms with Gasteiger partial charge in [0.1, 0.15) is 0 Å². The van der Waals surface area contributed by atoms with Crippen LogP contribution in [0.5, 0.6) is 0 Å². The number of nitrogens with one attached hydrogen (secondary N) is 2. The molecule has 0 saturated heterocycles. The minimum atomic E-state index is -1.03. The summed E-state index contributed by atoms with van der Waals surface area (Å²) in [5, 5.41) is 18.1. The fraction of sp³-hybridized carbons (Fsp3) is 0.154. The van der Waals surface area contributed by atoms with Crippen molar-refractivity contribution in [2.45, 2.75) is 13.0 Å². The number of nitrogens with zero attached hydrogens (tertiary/aromatic N) is 1. The molecule has 1 heterocycles. The van der Waals surface area contributed by atoms with Gasteiger partial charge in [-0.05, 0) is 11.6 Å². The molecule has 0 aliphatic rings. The second-order valence-corrected chi connectivity index (χ2v) is 4.02. The number of hydrogen-bond donors (Lipinski definition) is 3. The van der Waals surface area contributed by atoms with Gasteiger partial charge in [-0.15, -0.1) is 0 Å². The summed E-state index contributed by atoms with van der Waals surface area (Å²) in [7, 11) is 0. The zero-order valence-corrected chi connectivity index (χ0v) is 10.1. The predicted octanol–water partition coefficient (Wildman–Crippen LogP) is 0.967. The van der Waals surface area contributed by atoms with Gasteiger partial charge >= 0.3 is 5.97 Å². The Morgan fingerprint density at radius 1 is 1.32 bits per heavy atom. The minimum absolute atomic E-state index is 0.0420. The van der Waals surface area contributed by atoms with E-state index in [-0.39, 0.29) is 17.9 Å². The maximum absolute atomic E-state index is 11.7. The van der Waals surface area contributed by atoms with Gasteiger partial charge in [-0.2, -0.15) is 5.10 Å². The molecule has 0 fully saturated rings. The van der Waals surface area contributed by atoms with Gasteiger partial charge in [0, 0.05) is 18.3 Å². The van der Waals surface area contributed by atoms with Gasteiger partial charge in [0.05, 0.1) is 18.2 Å². The molecule has 0 aliphatic carbocycles. The van der Waals surface area contributed by atoms with E-state index in [0.717, 1.165) is 5.56 Å². The summed E-state index contributed by atoms with van der Waals surface area (Å²) in [6.45, 7) is 0.366. The van der Waals surface area contributed by atoms with E-state index in [1.165, 1.54) is 6.07 Å². The van der Waals surface area contributed by atoms with Crippen LogP contribution in [-0.4, -0.2) is 27.2 Å². The topological polar surface area (TPSA) is 95.1 Å². The highest BCUT2D eigenvalue weighted by Gasteiger charge is 2.12. The van der Waals surface area contributed by atoms with Crippen LogP contribution >= 0.6 is 0 Å². The minimum Gasteiger partial charge on any atom is -0.478 e. The SMILES string of the molecule is O=C(Cc1ccccc1C(=O)O)NCc1cn[nH]c1. The van der Waals surface area contributed by atoms with Crippen LogP contribution in [0.25, 0.3) is 0 Å². The largest absolute Gasteiger partial charge is 0.478 e. The Morgan fingerprint density at radius 2 is 2.11 bits per heavy atom. The van der Waals surface area contributed by atoms with Crippen molar-refractivity contribution in [3.05, 3.63) is 53.3 Å². The van der Waals surface area contributed by atoms with Gasteiger partial charge in [-0.25, -0.2) is 4.79 Å². The van der Waals surface area contributed by atoms with Gasteiger partial charge in [-0.1, -0.05) is 18.2 Å². The Bertz CT molecular complexity index is 579. The van der Waals surface area contributed by atoms with Crippen molar-refractivity contribution in [3.63, 3.8) is 0 Å². The molecular formula is C13H13N3O3. The number of rotatable bonds is 5. The number of amides is 1. The molecule has 0 spiro atoms. The molecule has 98 valence electrons. The van der Waals surface area contributed by atoms with Crippen molar-refractivity contribution in [1.29, 1.82) is 0 Å². The van der Waals surface area contributed by atoms with E-state index in [2.05, 4.69) is 15.5 Å². The number of carbonyl (C=O) groups excluding carboxylic acids is 1. The number of aromatic nitrogens is 2. The van der Waals surface area contributed by atoms with Crippen LogP contribution in [0.2, 0.25) is 0 Å². The lowest BCUT2D eigenvalue weighted by atomic mass is 10.0. The number of carboxylic acid groups (broad SMARTS) is 1. The first-order chi connectivity index (χ1) is 9.16. The third-order valence-electron chi connectivity index (χ3n) is 2.64. The summed E-state index contributed by atoms with van der Waals surface area (Å²) in [5.74, 6) is -1.26. The molecule has 0 saturated carbocycles. The van der Waals surface area contributed by atoms with E-state index in [0.29, 0.717) is 12.1 Å². The van der Waals surface area contributed by atoms with E-state index >= 15 is 0 Å². The number of carboxylic acids is 1. The predicted molar refractivity (Wildman–Crippen MR) is 67.5 cm³/mol. The van der Waals surface area contributed by atoms with E-state index in [1.807, 2.05) is 0 Å². The van der Waals surface area contributed by atoms with E-state index in [4.69, 9.17) is 5.11 Å². The van der Waals surface area contributed by atoms with Crippen LogP contribution < -0.4 is 5.32 Å². The highest BCUT2D eigenvalue weighted by Crippen LogP contribution is 2.09. The molecule has 0 bridgehead atoms. The molecule has 0 unspecified atom stereocenters. The molecule has 19 heavy (non-hydrogen) atoms. The maximum Gasteiger partial charge on any atom is 0.335 e. The molecule has 1 aromatic heterocycles. The Hall–Kier alpha value is -2.63. The third kappa shape index (κ3) is 3.41. The number of hydrogen-bond acceptors (Lipinski definition) is 3. The molecule has 3 N–H and O–H groups in total. The van der Waals surface area contributed by atoms with E-state index in [1.54, 1.807) is 30.6 Å². The van der Waals surface area contributed by atoms with Crippen molar-refractivity contribution in [2.75, 3.05) is 0 Å². The standard InChI is InChI=1S/C13H13N3O3/c17-12(14-6-9-7-15-16-8-9)5-10-3-1-2-4-11(10)13(18)19/h1-4,7-8H,5-6H2,(H,14,17)(H,15,16)(H,18,19). The summed E-state index contributed by atoms with van der Waals surface area (Å²) in [6.07, 6.45) is 3.34. The molecule has 1 aromatic carbocycles. The van der Waals surface area contributed by atoms with Gasteiger partial charge < -0.3 is 10.4 Å². The van der Waals surface area contributed by atoms with Crippen LogP contribution in [0, 0.1) is 0 Å². The summed E-state index contributed by atoms with van der Waals surface area (Å²) in [4.78, 5) is 22.8. The van der Waals surface area contributed by atoms with Gasteiger partial charge in [0.15, 0.2) is 0 Å². The van der Waals surface area contributed by atoms with Crippen LogP contribution in [-0.2, 0) is 17.8 Å². The van der Waals surface area contributed by atoms with Crippen LogP contribution in [0.4, 0.5) is 0 Å². The highest BCUT2D eigenvalue weighted by molar-refractivity contribution is 5.91. The Balaban J connectivity index is 1.97. The highest BCUT2D eigenvalue weighted by atomic mass is 16.4. The first kappa shape index (κ1) is 12.8. The summed E-state index contributed by atoms with van der Waals surface area (Å²) in [6, 6.07) is 6.48. The molecule has 0 aliphatic heterocycles. The quantitative estimate of drug-likeness (QED) is 0.745. The number of aromatic amines is 1. The molecule has 2 aromatic rings. The first-order valence-electron chi connectivity index (χ1n) is 5.72. The smallest absolute Gasteiger partial charge is 0.335 e. The average molecular weight is 259 g/mol. The molecular weight excluding hydrogens is 246 g/mol. The molecule has 1 amide bonds. The van der Waals surface area contributed by atoms with Gasteiger partial charge in [-0.3, -0.25) is 9.89 Å². The van der Waals surface area contributed by atoms with Crippen molar-refractivity contribution < 1.29 is 14.7 Å². The lowest BCUT2D eigenvalue weighted by Crippen LogP contribution is -2.25. The van der Waals surface area contributed by atoms with Gasteiger partial charge in [0.25, 0.3) is 0 Å². The average Bonchev–Trinajstić information content (AvgIpc) is 2.90. The zero-order chi connectivity index (χ0) is 13.7. The monoisotopic (exact) mass is 259 g/mol. The number of benzene rings is 1. The van der Waals surface area contributed by atoms with Crippen molar-refractivity contribution >= 4 is 11.9 Å². The fourth-order valence-electron chi connectivity index (χ4n) is 1.69. The maximum atomic E-state index is 11.7. The van der Waals surface area contributed by atoms with Crippen LogP contribution in [0.15, 0.2) is 36.7 Å². The third-order valence-corrected chi connectivity index (χ3v) is 2.64. The first-order valence-corrected chi connectivity index (χ1v) is 5.72. The van der Waals surface area contributed by atoms with Crippen LogP contribution in [0.3, 0.4) is 0 Å². The Labute approximate surface area is 109 Å². The van der Waals surface area contributed by atoms with Crippen molar-refractivity contribution in [2.24, 2.45) is 0 Å². The fourth-order valence-corrected chi connectivity index (χ4v) is 1.69. The van der Waals surface area contributed by atoms with Crippen molar-refractivity contribution in [1.82, 2.24) is 15.5 Å². The summed E-state index contributed by atoms with van der Waals surface area (Å²) >= 11 is 0. The molecule has 6 nitrogen and oxygen atoms in total. The van der Waals surface area contributed by atoms with E-state index < -0.39 is 5.97 Å². The van der Waals surface area contributed by atoms with Gasteiger partial charge in [0.2, 0.25) is 5.91 Å².